The number of nitrogens with zero attached hydrogens (tertiary/aromatic N) is 2. The molecule has 0 aliphatic rings. The highest BCUT2D eigenvalue weighted by Crippen LogP contribution is 2.17. The molecule has 0 N–H and O–H groups in total. The molecule has 0 aliphatic heterocycles. The molecule has 1 heterocycles. The van der Waals surface area contributed by atoms with Gasteiger partial charge in [-0.15, -0.1) is 11.6 Å². The van der Waals surface area contributed by atoms with Gasteiger partial charge in [0.25, 0.3) is 0 Å². The summed E-state index contributed by atoms with van der Waals surface area (Å²) in [6.45, 7) is 9.50. The van der Waals surface area contributed by atoms with Gasteiger partial charge in [0.15, 0.2) is 0 Å². The van der Waals surface area contributed by atoms with Crippen LogP contribution in [0.4, 0.5) is 0 Å². The lowest BCUT2D eigenvalue weighted by molar-refractivity contribution is -0.00790. The molecule has 0 amide bonds. The number of hydrogen-bond acceptors (Lipinski definition) is 2. The molecule has 0 aromatic carbocycles. The van der Waals surface area contributed by atoms with Gasteiger partial charge >= 0.3 is 0 Å². The van der Waals surface area contributed by atoms with Gasteiger partial charge in [0.1, 0.15) is 0 Å². The number of aromatic nitrogens is 2. The van der Waals surface area contributed by atoms with Crippen LogP contribution in [0.3, 0.4) is 0 Å². The third kappa shape index (κ3) is 4.67. The van der Waals surface area contributed by atoms with Gasteiger partial charge in [0.05, 0.1) is 30.3 Å². The van der Waals surface area contributed by atoms with Crippen molar-refractivity contribution in [2.75, 3.05) is 6.61 Å². The highest BCUT2D eigenvalue weighted by atomic mass is 35.5. The van der Waals surface area contributed by atoms with Gasteiger partial charge in [-0.25, -0.2) is 0 Å². The average Bonchev–Trinajstić information content (AvgIpc) is 2.50. The molecule has 86 valence electrons. The fourth-order valence-electron chi connectivity index (χ4n) is 1.15. The third-order valence-corrected chi connectivity index (χ3v) is 2.22. The molecule has 1 atom stereocenters. The van der Waals surface area contributed by atoms with Crippen molar-refractivity contribution < 1.29 is 4.74 Å². The van der Waals surface area contributed by atoms with E-state index < -0.39 is 0 Å². The normalized spacial score (nSPS) is 14.2. The summed E-state index contributed by atoms with van der Waals surface area (Å²) in [6.07, 6.45) is 3.76. The first kappa shape index (κ1) is 12.5. The molecule has 4 heteroatoms. The number of rotatable bonds is 4. The lowest BCUT2D eigenvalue weighted by atomic mass is 10.2. The van der Waals surface area contributed by atoms with Crippen molar-refractivity contribution in [2.24, 2.45) is 0 Å². The fraction of sp³-hybridized carbons (Fsp3) is 0.727. The van der Waals surface area contributed by atoms with Crippen LogP contribution in [0.1, 0.15) is 38.6 Å². The van der Waals surface area contributed by atoms with Crippen LogP contribution < -0.4 is 0 Å². The lowest BCUT2D eigenvalue weighted by Crippen LogP contribution is -2.22. The van der Waals surface area contributed by atoms with E-state index in [0.717, 1.165) is 12.1 Å². The Morgan fingerprint density at radius 2 is 2.20 bits per heavy atom. The number of ether oxygens (including phenoxy) is 1. The second kappa shape index (κ2) is 4.99. The molecule has 0 fully saturated rings. The SMILES string of the molecule is CC(Cl)c1cnn(CCOC(C)(C)C)c1. The zero-order valence-corrected chi connectivity index (χ0v) is 10.6. The van der Waals surface area contributed by atoms with Gasteiger partial charge in [-0.1, -0.05) is 0 Å². The summed E-state index contributed by atoms with van der Waals surface area (Å²) in [4.78, 5) is 0. The molecular weight excluding hydrogens is 212 g/mol. The minimum Gasteiger partial charge on any atom is -0.374 e. The first-order valence-corrected chi connectivity index (χ1v) is 5.62. The molecule has 1 aromatic heterocycles. The minimum absolute atomic E-state index is 0.0160. The van der Waals surface area contributed by atoms with Gasteiger partial charge in [-0.2, -0.15) is 5.10 Å². The number of hydrogen-bond donors (Lipinski definition) is 0. The molecule has 1 unspecified atom stereocenters. The van der Waals surface area contributed by atoms with E-state index in [2.05, 4.69) is 5.10 Å². The molecule has 0 spiro atoms. The zero-order chi connectivity index (χ0) is 11.5. The largest absolute Gasteiger partial charge is 0.374 e. The number of alkyl halides is 1. The molecular formula is C11H19ClN2O. The van der Waals surface area contributed by atoms with Crippen LogP contribution in [0, 0.1) is 0 Å². The molecule has 0 saturated heterocycles. The summed E-state index contributed by atoms with van der Waals surface area (Å²) in [6, 6.07) is 0. The Morgan fingerprint density at radius 3 is 2.67 bits per heavy atom. The molecule has 1 aromatic rings. The Balaban J connectivity index is 2.38. The van der Waals surface area contributed by atoms with E-state index in [1.807, 2.05) is 38.6 Å². The second-order valence-electron chi connectivity index (χ2n) is 4.61. The molecule has 0 radical (unpaired) electrons. The lowest BCUT2D eigenvalue weighted by Gasteiger charge is -2.19. The smallest absolute Gasteiger partial charge is 0.0669 e. The van der Waals surface area contributed by atoms with Crippen molar-refractivity contribution in [2.45, 2.75) is 45.2 Å². The van der Waals surface area contributed by atoms with Gasteiger partial charge in [0.2, 0.25) is 0 Å². The minimum atomic E-state index is -0.0875. The quantitative estimate of drug-likeness (QED) is 0.744. The van der Waals surface area contributed by atoms with Crippen LogP contribution >= 0.6 is 11.6 Å². The Morgan fingerprint density at radius 1 is 1.53 bits per heavy atom. The Kier molecular flexibility index (Phi) is 4.17. The Labute approximate surface area is 96.4 Å². The van der Waals surface area contributed by atoms with Gasteiger partial charge in [0, 0.05) is 11.8 Å². The Hall–Kier alpha value is -0.540. The summed E-state index contributed by atoms with van der Waals surface area (Å²) in [5.74, 6) is 0. The zero-order valence-electron chi connectivity index (χ0n) is 9.83. The summed E-state index contributed by atoms with van der Waals surface area (Å²) in [7, 11) is 0. The van der Waals surface area contributed by atoms with E-state index in [0.29, 0.717) is 6.61 Å². The maximum absolute atomic E-state index is 5.94. The van der Waals surface area contributed by atoms with Crippen LogP contribution in [-0.4, -0.2) is 22.0 Å². The maximum atomic E-state index is 5.94. The predicted octanol–water partition coefficient (Wildman–Crippen LogP) is 3.00. The van der Waals surface area contributed by atoms with Crippen LogP contribution in [-0.2, 0) is 11.3 Å². The standard InChI is InChI=1S/C11H19ClN2O/c1-9(12)10-7-13-14(8-10)5-6-15-11(2,3)4/h7-9H,5-6H2,1-4H3. The van der Waals surface area contributed by atoms with Crippen molar-refractivity contribution in [3.63, 3.8) is 0 Å². The molecule has 0 bridgehead atoms. The topological polar surface area (TPSA) is 27.1 Å². The summed E-state index contributed by atoms with van der Waals surface area (Å²) in [5.41, 5.74) is 0.961. The molecule has 1 rings (SSSR count). The van der Waals surface area contributed by atoms with Crippen molar-refractivity contribution in [3.8, 4) is 0 Å². The van der Waals surface area contributed by atoms with E-state index in [9.17, 15) is 0 Å². The predicted molar refractivity (Wildman–Crippen MR) is 62.2 cm³/mol. The van der Waals surface area contributed by atoms with Crippen molar-refractivity contribution in [3.05, 3.63) is 18.0 Å². The van der Waals surface area contributed by atoms with E-state index in [-0.39, 0.29) is 11.0 Å². The second-order valence-corrected chi connectivity index (χ2v) is 5.27. The fourth-order valence-corrected chi connectivity index (χ4v) is 1.27. The third-order valence-electron chi connectivity index (χ3n) is 1.97. The summed E-state index contributed by atoms with van der Waals surface area (Å²) >= 11 is 5.94. The van der Waals surface area contributed by atoms with Crippen molar-refractivity contribution >= 4 is 11.6 Å². The number of halogens is 1. The summed E-state index contributed by atoms with van der Waals surface area (Å²) < 4.78 is 7.47. The van der Waals surface area contributed by atoms with E-state index in [1.54, 1.807) is 6.20 Å². The Bertz CT molecular complexity index is 302. The van der Waals surface area contributed by atoms with Crippen LogP contribution in [0.5, 0.6) is 0 Å². The average molecular weight is 231 g/mol. The van der Waals surface area contributed by atoms with E-state index in [4.69, 9.17) is 16.3 Å². The van der Waals surface area contributed by atoms with Crippen LogP contribution in [0.15, 0.2) is 12.4 Å². The van der Waals surface area contributed by atoms with Gasteiger partial charge in [-0.3, -0.25) is 4.68 Å². The van der Waals surface area contributed by atoms with E-state index in [1.165, 1.54) is 0 Å². The van der Waals surface area contributed by atoms with Gasteiger partial charge in [-0.05, 0) is 27.7 Å². The van der Waals surface area contributed by atoms with E-state index >= 15 is 0 Å². The molecule has 3 nitrogen and oxygen atoms in total. The highest BCUT2D eigenvalue weighted by Gasteiger charge is 2.10. The first-order valence-electron chi connectivity index (χ1n) is 5.19. The van der Waals surface area contributed by atoms with Gasteiger partial charge < -0.3 is 4.74 Å². The van der Waals surface area contributed by atoms with Crippen molar-refractivity contribution in [1.29, 1.82) is 0 Å². The highest BCUT2D eigenvalue weighted by molar-refractivity contribution is 6.20. The molecule has 0 saturated carbocycles. The van der Waals surface area contributed by atoms with Crippen molar-refractivity contribution in [1.82, 2.24) is 9.78 Å². The summed E-state index contributed by atoms with van der Waals surface area (Å²) in [5, 5.41) is 4.23. The van der Waals surface area contributed by atoms with Crippen LogP contribution in [0.2, 0.25) is 0 Å². The monoisotopic (exact) mass is 230 g/mol. The molecule has 0 aliphatic carbocycles. The maximum Gasteiger partial charge on any atom is 0.0669 e. The van der Waals surface area contributed by atoms with Crippen LogP contribution in [0.25, 0.3) is 0 Å². The molecule has 15 heavy (non-hydrogen) atoms. The first-order chi connectivity index (χ1) is 6.88.